The third-order valence-electron chi connectivity index (χ3n) is 12.2. The molecule has 3 heterocycles. The number of benzene rings is 9. The molecule has 0 saturated carbocycles. The first-order valence-corrected chi connectivity index (χ1v) is 21.4. The first-order valence-electron chi connectivity index (χ1n) is 21.4. The van der Waals surface area contributed by atoms with Crippen LogP contribution >= 0.6 is 0 Å². The zero-order valence-corrected chi connectivity index (χ0v) is 34.2. The van der Waals surface area contributed by atoms with Crippen LogP contribution in [-0.4, -0.2) is 19.5 Å². The summed E-state index contributed by atoms with van der Waals surface area (Å²) in [6.07, 6.45) is 0. The molecule has 12 aromatic rings. The normalized spacial score (nSPS) is 11.5. The van der Waals surface area contributed by atoms with Crippen LogP contribution in [0.15, 0.2) is 231 Å². The monoisotopic (exact) mass is 802 g/mol. The summed E-state index contributed by atoms with van der Waals surface area (Å²) >= 11 is 0. The highest BCUT2D eigenvalue weighted by molar-refractivity contribution is 6.22. The van der Waals surface area contributed by atoms with Gasteiger partial charge in [-0.2, -0.15) is 0 Å². The summed E-state index contributed by atoms with van der Waals surface area (Å²) in [4.78, 5) is 15.5. The summed E-state index contributed by atoms with van der Waals surface area (Å²) in [6, 6.07) is 81.6. The second-order valence-electron chi connectivity index (χ2n) is 16.0. The molecule has 12 rings (SSSR count). The summed E-state index contributed by atoms with van der Waals surface area (Å²) in [7, 11) is 0. The van der Waals surface area contributed by atoms with Gasteiger partial charge in [0.1, 0.15) is 0 Å². The molecule has 63 heavy (non-hydrogen) atoms. The molecule has 4 nitrogen and oxygen atoms in total. The summed E-state index contributed by atoms with van der Waals surface area (Å²) < 4.78 is 2.42. The van der Waals surface area contributed by atoms with Crippen LogP contribution < -0.4 is 0 Å². The van der Waals surface area contributed by atoms with Crippen LogP contribution in [-0.2, 0) is 0 Å². The maximum absolute atomic E-state index is 5.29. The van der Waals surface area contributed by atoms with E-state index in [4.69, 9.17) is 15.0 Å². The maximum Gasteiger partial charge on any atom is 0.160 e. The van der Waals surface area contributed by atoms with E-state index in [0.717, 1.165) is 89.0 Å². The number of hydrogen-bond donors (Lipinski definition) is 0. The SMILES string of the molecule is c1ccc(-c2cc(-c3ccccc3)nc(-c3cccc(-c4ccc(-c5cccc6c5c5cc7c(-c8ccccc8)nc8ccccc8c7cc5n6-c5ccccc5)cc4)c3)n2)cc1. The molecule has 0 unspecified atom stereocenters. The number of fused-ring (bicyclic) bond motifs is 6. The first-order chi connectivity index (χ1) is 31.2. The van der Waals surface area contributed by atoms with Crippen LogP contribution in [0, 0.1) is 0 Å². The van der Waals surface area contributed by atoms with Gasteiger partial charge in [0.05, 0.1) is 33.6 Å². The minimum atomic E-state index is 0.696. The highest BCUT2D eigenvalue weighted by atomic mass is 15.0. The van der Waals surface area contributed by atoms with Gasteiger partial charge in [-0.15, -0.1) is 0 Å². The predicted octanol–water partition coefficient (Wildman–Crippen LogP) is 15.3. The van der Waals surface area contributed by atoms with Crippen molar-refractivity contribution in [3.8, 4) is 73.1 Å². The lowest BCUT2D eigenvalue weighted by Crippen LogP contribution is -1.96. The van der Waals surface area contributed by atoms with E-state index in [9.17, 15) is 0 Å². The van der Waals surface area contributed by atoms with Crippen LogP contribution in [0.25, 0.3) is 117 Å². The molecule has 0 aliphatic rings. The zero-order valence-electron chi connectivity index (χ0n) is 34.2. The van der Waals surface area contributed by atoms with E-state index in [2.05, 4.69) is 199 Å². The lowest BCUT2D eigenvalue weighted by Gasteiger charge is -2.12. The highest BCUT2D eigenvalue weighted by Gasteiger charge is 2.20. The fraction of sp³-hybridized carbons (Fsp3) is 0. The standard InChI is InChI=1S/C59H38N4/c1-5-17-41(18-6-1)53-38-54(42-19-7-2-8-20-42)62-59(61-53)45-24-15-23-44(35-45)39-31-33-40(34-32-39)47-28-16-30-55-57(47)51-36-50-49(37-56(51)63(55)46-25-11-4-12-26-46)48-27-13-14-29-52(48)60-58(50)43-21-9-3-10-22-43/h1-38H. The molecule has 4 heteroatoms. The van der Waals surface area contributed by atoms with Gasteiger partial charge in [-0.25, -0.2) is 15.0 Å². The molecule has 0 spiro atoms. The summed E-state index contributed by atoms with van der Waals surface area (Å²) in [6.45, 7) is 0. The van der Waals surface area contributed by atoms with Gasteiger partial charge in [0, 0.05) is 49.5 Å². The number of pyridine rings is 1. The number of nitrogens with zero attached hydrogens (tertiary/aromatic N) is 4. The van der Waals surface area contributed by atoms with E-state index < -0.39 is 0 Å². The Kier molecular flexibility index (Phi) is 8.79. The van der Waals surface area contributed by atoms with Crippen LogP contribution in [0.2, 0.25) is 0 Å². The molecule has 3 aromatic heterocycles. The summed E-state index contributed by atoms with van der Waals surface area (Å²) in [5, 5.41) is 5.87. The van der Waals surface area contributed by atoms with Crippen molar-refractivity contribution < 1.29 is 0 Å². The Balaban J connectivity index is 1.00. The van der Waals surface area contributed by atoms with Gasteiger partial charge >= 0.3 is 0 Å². The van der Waals surface area contributed by atoms with E-state index >= 15 is 0 Å². The largest absolute Gasteiger partial charge is 0.309 e. The van der Waals surface area contributed by atoms with Crippen molar-refractivity contribution >= 4 is 43.5 Å². The van der Waals surface area contributed by atoms with Crippen molar-refractivity contribution in [2.45, 2.75) is 0 Å². The Morgan fingerprint density at radius 2 is 0.873 bits per heavy atom. The van der Waals surface area contributed by atoms with Gasteiger partial charge in [-0.05, 0) is 76.2 Å². The zero-order chi connectivity index (χ0) is 41.7. The Bertz CT molecular complexity index is 3580. The van der Waals surface area contributed by atoms with E-state index in [1.54, 1.807) is 0 Å². The molecule has 9 aromatic carbocycles. The third-order valence-corrected chi connectivity index (χ3v) is 12.2. The lowest BCUT2D eigenvalue weighted by atomic mass is 9.94. The topological polar surface area (TPSA) is 43.6 Å². The van der Waals surface area contributed by atoms with Crippen LogP contribution in [0.1, 0.15) is 0 Å². The molecular formula is C59H38N4. The second kappa shape index (κ2) is 15.2. The highest BCUT2D eigenvalue weighted by Crippen LogP contribution is 2.43. The molecule has 0 atom stereocenters. The number of hydrogen-bond acceptors (Lipinski definition) is 3. The number of para-hydroxylation sites is 2. The van der Waals surface area contributed by atoms with Gasteiger partial charge < -0.3 is 4.57 Å². The molecule has 294 valence electrons. The van der Waals surface area contributed by atoms with Crippen LogP contribution in [0.4, 0.5) is 0 Å². The molecule has 0 N–H and O–H groups in total. The van der Waals surface area contributed by atoms with Crippen molar-refractivity contribution in [3.63, 3.8) is 0 Å². The van der Waals surface area contributed by atoms with E-state index in [1.165, 1.54) is 21.7 Å². The van der Waals surface area contributed by atoms with Gasteiger partial charge in [-0.1, -0.05) is 182 Å². The smallest absolute Gasteiger partial charge is 0.160 e. The molecule has 0 saturated heterocycles. The Morgan fingerprint density at radius 3 is 1.57 bits per heavy atom. The Morgan fingerprint density at radius 1 is 0.302 bits per heavy atom. The average molecular weight is 803 g/mol. The quantitative estimate of drug-likeness (QED) is 0.151. The second-order valence-corrected chi connectivity index (χ2v) is 16.0. The van der Waals surface area contributed by atoms with E-state index in [0.29, 0.717) is 5.82 Å². The van der Waals surface area contributed by atoms with Crippen molar-refractivity contribution in [2.75, 3.05) is 0 Å². The predicted molar refractivity (Wildman–Crippen MR) is 262 cm³/mol. The molecule has 0 bridgehead atoms. The summed E-state index contributed by atoms with van der Waals surface area (Å²) in [5.74, 6) is 0.696. The maximum atomic E-state index is 5.29. The molecule has 0 amide bonds. The number of rotatable bonds is 7. The van der Waals surface area contributed by atoms with E-state index in [-0.39, 0.29) is 0 Å². The van der Waals surface area contributed by atoms with Crippen LogP contribution in [0.5, 0.6) is 0 Å². The molecule has 0 aliphatic carbocycles. The van der Waals surface area contributed by atoms with Crippen LogP contribution in [0.3, 0.4) is 0 Å². The number of aromatic nitrogens is 4. The Hall–Kier alpha value is -8.47. The summed E-state index contributed by atoms with van der Waals surface area (Å²) in [5.41, 5.74) is 16.0. The molecular weight excluding hydrogens is 765 g/mol. The minimum Gasteiger partial charge on any atom is -0.309 e. The van der Waals surface area contributed by atoms with E-state index in [1.807, 2.05) is 36.4 Å². The first kappa shape index (κ1) is 36.4. The van der Waals surface area contributed by atoms with Gasteiger partial charge in [0.15, 0.2) is 5.82 Å². The fourth-order valence-electron chi connectivity index (χ4n) is 9.19. The molecule has 0 fully saturated rings. The average Bonchev–Trinajstić information content (AvgIpc) is 3.70. The van der Waals surface area contributed by atoms with Crippen molar-refractivity contribution in [3.05, 3.63) is 231 Å². The van der Waals surface area contributed by atoms with Gasteiger partial charge in [-0.3, -0.25) is 0 Å². The van der Waals surface area contributed by atoms with Gasteiger partial charge in [0.2, 0.25) is 0 Å². The lowest BCUT2D eigenvalue weighted by molar-refractivity contribution is 1.18. The Labute approximate surface area is 365 Å². The molecule has 0 radical (unpaired) electrons. The third kappa shape index (κ3) is 6.44. The minimum absolute atomic E-state index is 0.696. The van der Waals surface area contributed by atoms with Crippen molar-refractivity contribution in [1.82, 2.24) is 19.5 Å². The van der Waals surface area contributed by atoms with Crippen molar-refractivity contribution in [2.24, 2.45) is 0 Å². The fourth-order valence-corrected chi connectivity index (χ4v) is 9.19. The molecule has 0 aliphatic heterocycles. The van der Waals surface area contributed by atoms with Crippen molar-refractivity contribution in [1.29, 1.82) is 0 Å². The van der Waals surface area contributed by atoms with Gasteiger partial charge in [0.25, 0.3) is 0 Å².